The van der Waals surface area contributed by atoms with Crippen molar-refractivity contribution >= 4 is 27.3 Å². The molecule has 1 aliphatic heterocycles. The van der Waals surface area contributed by atoms with Crippen LogP contribution in [0.5, 0.6) is 0 Å². The van der Waals surface area contributed by atoms with E-state index in [0.29, 0.717) is 12.2 Å². The van der Waals surface area contributed by atoms with E-state index in [-0.39, 0.29) is 5.91 Å². The van der Waals surface area contributed by atoms with Crippen LogP contribution < -0.4 is 9.62 Å². The molecular formula is C14H20N2O3S. The van der Waals surface area contributed by atoms with E-state index < -0.39 is 15.3 Å². The number of aryl methyl sites for hydroxylation is 1. The van der Waals surface area contributed by atoms with Gasteiger partial charge >= 0.3 is 0 Å². The van der Waals surface area contributed by atoms with E-state index in [9.17, 15) is 13.2 Å². The highest BCUT2D eigenvalue weighted by Crippen LogP contribution is 2.30. The number of benzene rings is 1. The second-order valence-corrected chi connectivity index (χ2v) is 7.55. The maximum absolute atomic E-state index is 11.9. The lowest BCUT2D eigenvalue weighted by atomic mass is 10.0. The summed E-state index contributed by atoms with van der Waals surface area (Å²) in [6.07, 6.45) is 1.85. The van der Waals surface area contributed by atoms with Crippen molar-refractivity contribution in [2.45, 2.75) is 38.9 Å². The van der Waals surface area contributed by atoms with Crippen LogP contribution >= 0.6 is 0 Å². The number of amides is 1. The SMILES string of the molecule is CC(=O)N1CCCc2ccc(NS(=O)(=O)C(C)C)cc21. The van der Waals surface area contributed by atoms with Gasteiger partial charge in [0.05, 0.1) is 10.9 Å². The maximum atomic E-state index is 11.9. The van der Waals surface area contributed by atoms with Gasteiger partial charge in [-0.3, -0.25) is 9.52 Å². The molecule has 1 aliphatic rings. The van der Waals surface area contributed by atoms with Gasteiger partial charge in [0, 0.05) is 19.2 Å². The summed E-state index contributed by atoms with van der Waals surface area (Å²) in [5.74, 6) is -0.0187. The Balaban J connectivity index is 2.35. The number of nitrogens with one attached hydrogen (secondary N) is 1. The van der Waals surface area contributed by atoms with Gasteiger partial charge in [-0.2, -0.15) is 0 Å². The molecule has 1 aromatic rings. The highest BCUT2D eigenvalue weighted by molar-refractivity contribution is 7.93. The van der Waals surface area contributed by atoms with E-state index in [1.165, 1.54) is 6.92 Å². The Morgan fingerprint density at radius 2 is 2.05 bits per heavy atom. The van der Waals surface area contributed by atoms with E-state index in [1.54, 1.807) is 30.9 Å². The van der Waals surface area contributed by atoms with Crippen LogP contribution in [-0.4, -0.2) is 26.1 Å². The summed E-state index contributed by atoms with van der Waals surface area (Å²) >= 11 is 0. The van der Waals surface area contributed by atoms with Crippen LogP contribution in [0.4, 0.5) is 11.4 Å². The molecule has 6 heteroatoms. The average Bonchev–Trinajstić information content (AvgIpc) is 2.37. The molecule has 0 saturated carbocycles. The van der Waals surface area contributed by atoms with Crippen LogP contribution in [0.3, 0.4) is 0 Å². The second kappa shape index (κ2) is 5.44. The zero-order valence-corrected chi connectivity index (χ0v) is 12.8. The third-order valence-electron chi connectivity index (χ3n) is 3.46. The third-order valence-corrected chi connectivity index (χ3v) is 5.23. The zero-order valence-electron chi connectivity index (χ0n) is 12.0. The summed E-state index contributed by atoms with van der Waals surface area (Å²) < 4.78 is 26.3. The third kappa shape index (κ3) is 2.95. The van der Waals surface area contributed by atoms with E-state index in [2.05, 4.69) is 4.72 Å². The second-order valence-electron chi connectivity index (χ2n) is 5.31. The van der Waals surface area contributed by atoms with Gasteiger partial charge in [0.25, 0.3) is 0 Å². The molecular weight excluding hydrogens is 276 g/mol. The van der Waals surface area contributed by atoms with Crippen LogP contribution in [0.2, 0.25) is 0 Å². The van der Waals surface area contributed by atoms with Gasteiger partial charge in [0.2, 0.25) is 15.9 Å². The monoisotopic (exact) mass is 296 g/mol. The van der Waals surface area contributed by atoms with Gasteiger partial charge in [-0.1, -0.05) is 6.07 Å². The van der Waals surface area contributed by atoms with Crippen molar-refractivity contribution in [2.75, 3.05) is 16.2 Å². The molecule has 20 heavy (non-hydrogen) atoms. The number of carbonyl (C=O) groups excluding carboxylic acids is 1. The molecule has 0 atom stereocenters. The van der Waals surface area contributed by atoms with E-state index in [0.717, 1.165) is 24.1 Å². The topological polar surface area (TPSA) is 66.5 Å². The number of hydrogen-bond acceptors (Lipinski definition) is 3. The van der Waals surface area contributed by atoms with E-state index >= 15 is 0 Å². The summed E-state index contributed by atoms with van der Waals surface area (Å²) in [5.41, 5.74) is 2.40. The molecule has 1 N–H and O–H groups in total. The first-order valence-corrected chi connectivity index (χ1v) is 8.28. The molecule has 1 amide bonds. The number of hydrogen-bond donors (Lipinski definition) is 1. The molecule has 5 nitrogen and oxygen atoms in total. The van der Waals surface area contributed by atoms with Crippen LogP contribution in [-0.2, 0) is 21.2 Å². The molecule has 0 aliphatic carbocycles. The number of rotatable bonds is 3. The number of nitrogens with zero attached hydrogens (tertiary/aromatic N) is 1. The summed E-state index contributed by atoms with van der Waals surface area (Å²) in [7, 11) is -3.37. The van der Waals surface area contributed by atoms with Gasteiger partial charge in [-0.05, 0) is 44.4 Å². The molecule has 0 fully saturated rings. The predicted molar refractivity (Wildman–Crippen MR) is 80.5 cm³/mol. The Kier molecular flexibility index (Phi) is 4.04. The Bertz CT molecular complexity index is 623. The van der Waals surface area contributed by atoms with Crippen molar-refractivity contribution in [3.63, 3.8) is 0 Å². The minimum Gasteiger partial charge on any atom is -0.312 e. The Labute approximate surface area is 120 Å². The zero-order chi connectivity index (χ0) is 14.9. The molecule has 1 aromatic carbocycles. The fraction of sp³-hybridized carbons (Fsp3) is 0.500. The molecule has 0 bridgehead atoms. The Morgan fingerprint density at radius 1 is 1.35 bits per heavy atom. The molecule has 0 unspecified atom stereocenters. The molecule has 2 rings (SSSR count). The van der Waals surface area contributed by atoms with Crippen LogP contribution in [0, 0.1) is 0 Å². The van der Waals surface area contributed by atoms with Gasteiger partial charge in [-0.15, -0.1) is 0 Å². The first-order chi connectivity index (χ1) is 9.31. The number of anilines is 2. The standard InChI is InChI=1S/C14H20N2O3S/c1-10(2)20(18,19)15-13-7-6-12-5-4-8-16(11(3)17)14(12)9-13/h6-7,9-10,15H,4-5,8H2,1-3H3. The predicted octanol–water partition coefficient (Wildman–Crippen LogP) is 2.14. The quantitative estimate of drug-likeness (QED) is 0.929. The molecule has 0 aromatic heterocycles. The van der Waals surface area contributed by atoms with E-state index in [4.69, 9.17) is 0 Å². The number of sulfonamides is 1. The van der Waals surface area contributed by atoms with Gasteiger partial charge in [-0.25, -0.2) is 8.42 Å². The lowest BCUT2D eigenvalue weighted by Crippen LogP contribution is -2.33. The first kappa shape index (κ1) is 14.8. The van der Waals surface area contributed by atoms with Crippen molar-refractivity contribution in [1.29, 1.82) is 0 Å². The largest absolute Gasteiger partial charge is 0.312 e. The fourth-order valence-electron chi connectivity index (χ4n) is 2.25. The van der Waals surface area contributed by atoms with Gasteiger partial charge in [0.1, 0.15) is 0 Å². The highest BCUT2D eigenvalue weighted by Gasteiger charge is 2.22. The van der Waals surface area contributed by atoms with Crippen LogP contribution in [0.15, 0.2) is 18.2 Å². The maximum Gasteiger partial charge on any atom is 0.235 e. The summed E-state index contributed by atoms with van der Waals surface area (Å²) in [6.45, 7) is 5.47. The smallest absolute Gasteiger partial charge is 0.235 e. The summed E-state index contributed by atoms with van der Waals surface area (Å²) in [5, 5.41) is -0.498. The van der Waals surface area contributed by atoms with E-state index in [1.807, 2.05) is 6.07 Å². The molecule has 0 spiro atoms. The Hall–Kier alpha value is -1.56. The molecule has 0 saturated heterocycles. The van der Waals surface area contributed by atoms with Crippen molar-refractivity contribution in [3.8, 4) is 0 Å². The minimum atomic E-state index is -3.37. The summed E-state index contributed by atoms with van der Waals surface area (Å²) in [6, 6.07) is 5.39. The molecule has 0 radical (unpaired) electrons. The lowest BCUT2D eigenvalue weighted by Gasteiger charge is -2.29. The summed E-state index contributed by atoms with van der Waals surface area (Å²) in [4.78, 5) is 13.4. The van der Waals surface area contributed by atoms with Gasteiger partial charge < -0.3 is 4.90 Å². The number of fused-ring (bicyclic) bond motifs is 1. The highest BCUT2D eigenvalue weighted by atomic mass is 32.2. The van der Waals surface area contributed by atoms with Crippen LogP contribution in [0.25, 0.3) is 0 Å². The normalized spacial score (nSPS) is 15.1. The van der Waals surface area contributed by atoms with Crippen molar-refractivity contribution in [3.05, 3.63) is 23.8 Å². The molecule has 1 heterocycles. The molecule has 110 valence electrons. The number of carbonyl (C=O) groups is 1. The van der Waals surface area contributed by atoms with Crippen molar-refractivity contribution in [1.82, 2.24) is 0 Å². The fourth-order valence-corrected chi connectivity index (χ4v) is 2.94. The lowest BCUT2D eigenvalue weighted by molar-refractivity contribution is -0.116. The average molecular weight is 296 g/mol. The first-order valence-electron chi connectivity index (χ1n) is 6.74. The van der Waals surface area contributed by atoms with Crippen molar-refractivity contribution < 1.29 is 13.2 Å². The van der Waals surface area contributed by atoms with Crippen LogP contribution in [0.1, 0.15) is 32.8 Å². The van der Waals surface area contributed by atoms with Crippen molar-refractivity contribution in [2.24, 2.45) is 0 Å². The Morgan fingerprint density at radius 3 is 2.65 bits per heavy atom. The van der Waals surface area contributed by atoms with Gasteiger partial charge in [0.15, 0.2) is 0 Å². The minimum absolute atomic E-state index is 0.0187.